The SMILES string of the molecule is CCC(NC(=O)c1cc2c(cnn2CC(C)C)cc1Oc1ccc(F)cc1)C(=O)OC. The Hall–Kier alpha value is -3.42. The average molecular weight is 427 g/mol. The van der Waals surface area contributed by atoms with Crippen molar-refractivity contribution in [3.63, 3.8) is 0 Å². The third kappa shape index (κ3) is 5.20. The lowest BCUT2D eigenvalue weighted by Gasteiger charge is -2.17. The molecular formula is C23H26FN3O4. The van der Waals surface area contributed by atoms with Gasteiger partial charge in [-0.25, -0.2) is 9.18 Å². The molecule has 1 aromatic heterocycles. The molecular weight excluding hydrogens is 401 g/mol. The lowest BCUT2D eigenvalue weighted by molar-refractivity contribution is -0.142. The second kappa shape index (κ2) is 9.59. The molecule has 0 saturated heterocycles. The molecule has 0 bridgehead atoms. The first-order chi connectivity index (χ1) is 14.8. The highest BCUT2D eigenvalue weighted by Gasteiger charge is 2.23. The van der Waals surface area contributed by atoms with E-state index in [9.17, 15) is 14.0 Å². The van der Waals surface area contributed by atoms with Crippen LogP contribution in [0, 0.1) is 11.7 Å². The average Bonchev–Trinajstić information content (AvgIpc) is 3.13. The minimum Gasteiger partial charge on any atom is -0.467 e. The lowest BCUT2D eigenvalue weighted by Crippen LogP contribution is -2.41. The highest BCUT2D eigenvalue weighted by molar-refractivity contribution is 6.02. The smallest absolute Gasteiger partial charge is 0.328 e. The zero-order chi connectivity index (χ0) is 22.5. The van der Waals surface area contributed by atoms with Crippen LogP contribution in [-0.2, 0) is 16.1 Å². The first-order valence-electron chi connectivity index (χ1n) is 10.1. The second-order valence-electron chi connectivity index (χ2n) is 7.64. The molecule has 3 aromatic rings. The molecule has 0 radical (unpaired) electrons. The number of halogens is 1. The number of carbonyl (C=O) groups is 2. The van der Waals surface area contributed by atoms with Crippen LogP contribution in [0.3, 0.4) is 0 Å². The van der Waals surface area contributed by atoms with Gasteiger partial charge in [0, 0.05) is 11.9 Å². The predicted molar refractivity (Wildman–Crippen MR) is 115 cm³/mol. The Bertz CT molecular complexity index is 1080. The molecule has 1 heterocycles. The van der Waals surface area contributed by atoms with Crippen molar-refractivity contribution in [1.29, 1.82) is 0 Å². The molecule has 1 unspecified atom stereocenters. The minimum absolute atomic E-state index is 0.240. The first kappa shape index (κ1) is 22.3. The van der Waals surface area contributed by atoms with Crippen molar-refractivity contribution >= 4 is 22.8 Å². The summed E-state index contributed by atoms with van der Waals surface area (Å²) in [6, 6.07) is 8.14. The highest BCUT2D eigenvalue weighted by atomic mass is 19.1. The van der Waals surface area contributed by atoms with Crippen LogP contribution in [-0.4, -0.2) is 34.8 Å². The summed E-state index contributed by atoms with van der Waals surface area (Å²) in [5.41, 5.74) is 1.01. The first-order valence-corrected chi connectivity index (χ1v) is 10.1. The van der Waals surface area contributed by atoms with Crippen molar-refractivity contribution in [1.82, 2.24) is 15.1 Å². The maximum Gasteiger partial charge on any atom is 0.328 e. The summed E-state index contributed by atoms with van der Waals surface area (Å²) in [7, 11) is 1.27. The number of hydrogen-bond acceptors (Lipinski definition) is 5. The zero-order valence-electron chi connectivity index (χ0n) is 18.0. The number of nitrogens with zero attached hydrogens (tertiary/aromatic N) is 2. The van der Waals surface area contributed by atoms with Gasteiger partial charge in [-0.2, -0.15) is 5.10 Å². The molecule has 1 amide bonds. The molecule has 0 aliphatic heterocycles. The van der Waals surface area contributed by atoms with Crippen LogP contribution in [0.15, 0.2) is 42.6 Å². The number of benzene rings is 2. The van der Waals surface area contributed by atoms with Gasteiger partial charge in [0.2, 0.25) is 0 Å². The number of fused-ring (bicyclic) bond motifs is 1. The highest BCUT2D eigenvalue weighted by Crippen LogP contribution is 2.31. The van der Waals surface area contributed by atoms with Crippen molar-refractivity contribution < 1.29 is 23.5 Å². The fraction of sp³-hybridized carbons (Fsp3) is 0.348. The quantitative estimate of drug-likeness (QED) is 0.542. The van der Waals surface area contributed by atoms with E-state index >= 15 is 0 Å². The van der Waals surface area contributed by atoms with Crippen LogP contribution in [0.2, 0.25) is 0 Å². The van der Waals surface area contributed by atoms with E-state index in [-0.39, 0.29) is 17.1 Å². The normalized spacial score (nSPS) is 12.1. The van der Waals surface area contributed by atoms with Gasteiger partial charge in [0.05, 0.1) is 24.4 Å². The molecule has 0 fully saturated rings. The molecule has 0 aliphatic carbocycles. The van der Waals surface area contributed by atoms with E-state index in [0.29, 0.717) is 24.6 Å². The Morgan fingerprint density at radius 2 is 1.90 bits per heavy atom. The van der Waals surface area contributed by atoms with E-state index in [4.69, 9.17) is 9.47 Å². The van der Waals surface area contributed by atoms with E-state index in [2.05, 4.69) is 24.3 Å². The number of methoxy groups -OCH3 is 1. The fourth-order valence-corrected chi connectivity index (χ4v) is 3.19. The summed E-state index contributed by atoms with van der Waals surface area (Å²) in [6.07, 6.45) is 2.08. The van der Waals surface area contributed by atoms with Gasteiger partial charge in [-0.05, 0) is 48.7 Å². The maximum absolute atomic E-state index is 13.3. The monoisotopic (exact) mass is 427 g/mol. The van der Waals surface area contributed by atoms with E-state index in [1.165, 1.54) is 31.4 Å². The topological polar surface area (TPSA) is 82.5 Å². The second-order valence-corrected chi connectivity index (χ2v) is 7.64. The van der Waals surface area contributed by atoms with Crippen molar-refractivity contribution in [2.24, 2.45) is 5.92 Å². The minimum atomic E-state index is -0.785. The molecule has 1 atom stereocenters. The fourth-order valence-electron chi connectivity index (χ4n) is 3.19. The number of amides is 1. The van der Waals surface area contributed by atoms with Gasteiger partial charge in [-0.1, -0.05) is 20.8 Å². The Morgan fingerprint density at radius 1 is 1.19 bits per heavy atom. The summed E-state index contributed by atoms with van der Waals surface area (Å²) in [4.78, 5) is 25.1. The largest absolute Gasteiger partial charge is 0.467 e. The Labute approximate surface area is 180 Å². The van der Waals surface area contributed by atoms with Crippen molar-refractivity contribution in [2.75, 3.05) is 7.11 Å². The number of esters is 1. The third-order valence-corrected chi connectivity index (χ3v) is 4.77. The van der Waals surface area contributed by atoms with Crippen LogP contribution >= 0.6 is 0 Å². The van der Waals surface area contributed by atoms with Crippen LogP contribution in [0.25, 0.3) is 10.9 Å². The van der Waals surface area contributed by atoms with Gasteiger partial charge in [0.25, 0.3) is 5.91 Å². The molecule has 31 heavy (non-hydrogen) atoms. The van der Waals surface area contributed by atoms with E-state index < -0.39 is 17.9 Å². The predicted octanol–water partition coefficient (Wildman–Crippen LogP) is 4.31. The molecule has 0 spiro atoms. The lowest BCUT2D eigenvalue weighted by atomic mass is 10.1. The van der Waals surface area contributed by atoms with Gasteiger partial charge in [-0.15, -0.1) is 0 Å². The van der Waals surface area contributed by atoms with Crippen LogP contribution in [0.5, 0.6) is 11.5 Å². The zero-order valence-corrected chi connectivity index (χ0v) is 18.0. The van der Waals surface area contributed by atoms with E-state index in [0.717, 1.165) is 10.9 Å². The summed E-state index contributed by atoms with van der Waals surface area (Å²) in [6.45, 7) is 6.62. The molecule has 3 rings (SSSR count). The molecule has 0 saturated carbocycles. The van der Waals surface area contributed by atoms with E-state index in [1.807, 2.05) is 4.68 Å². The molecule has 7 nitrogen and oxygen atoms in total. The van der Waals surface area contributed by atoms with Crippen molar-refractivity contribution in [2.45, 2.75) is 39.8 Å². The van der Waals surface area contributed by atoms with Gasteiger partial charge in [0.15, 0.2) is 0 Å². The number of rotatable bonds is 8. The number of aromatic nitrogens is 2. The summed E-state index contributed by atoms with van der Waals surface area (Å²) < 4.78 is 25.8. The van der Waals surface area contributed by atoms with Crippen molar-refractivity contribution in [3.8, 4) is 11.5 Å². The summed E-state index contributed by atoms with van der Waals surface area (Å²) in [5, 5.41) is 7.92. The molecule has 0 aliphatic rings. The number of carbonyl (C=O) groups excluding carboxylic acids is 2. The summed E-state index contributed by atoms with van der Waals surface area (Å²) >= 11 is 0. The van der Waals surface area contributed by atoms with E-state index in [1.54, 1.807) is 25.3 Å². The number of nitrogens with one attached hydrogen (secondary N) is 1. The standard InChI is InChI=1S/C23H26FN3O4/c1-5-19(23(29)30-4)26-22(28)18-11-20-15(12-25-27(20)13-14(2)3)10-21(18)31-17-8-6-16(24)7-9-17/h6-12,14,19H,5,13H2,1-4H3,(H,26,28). The molecule has 1 N–H and O–H groups in total. The third-order valence-electron chi connectivity index (χ3n) is 4.77. The van der Waals surface area contributed by atoms with Crippen molar-refractivity contribution in [3.05, 3.63) is 54.0 Å². The van der Waals surface area contributed by atoms with Crippen LogP contribution in [0.1, 0.15) is 37.6 Å². The Balaban J connectivity index is 2.04. The molecule has 164 valence electrons. The van der Waals surface area contributed by atoms with Gasteiger partial charge < -0.3 is 14.8 Å². The number of ether oxygens (including phenoxy) is 2. The summed E-state index contributed by atoms with van der Waals surface area (Å²) in [5.74, 6) is -0.375. The van der Waals surface area contributed by atoms with Gasteiger partial charge >= 0.3 is 5.97 Å². The Morgan fingerprint density at radius 3 is 2.52 bits per heavy atom. The molecule has 8 heteroatoms. The maximum atomic E-state index is 13.3. The molecule has 2 aromatic carbocycles. The van der Waals surface area contributed by atoms with Crippen LogP contribution in [0.4, 0.5) is 4.39 Å². The van der Waals surface area contributed by atoms with Crippen LogP contribution < -0.4 is 10.1 Å². The Kier molecular flexibility index (Phi) is 6.89. The van der Waals surface area contributed by atoms with Gasteiger partial charge in [-0.3, -0.25) is 9.48 Å². The number of hydrogen-bond donors (Lipinski definition) is 1. The van der Waals surface area contributed by atoms with Gasteiger partial charge in [0.1, 0.15) is 23.4 Å².